The highest BCUT2D eigenvalue weighted by atomic mass is 79.9. The monoisotopic (exact) mass is 384 g/mol. The van der Waals surface area contributed by atoms with Crippen LogP contribution in [0.4, 0.5) is 4.39 Å². The van der Waals surface area contributed by atoms with Gasteiger partial charge in [0.1, 0.15) is 12.4 Å². The van der Waals surface area contributed by atoms with E-state index < -0.39 is 5.67 Å². The van der Waals surface area contributed by atoms with Crippen LogP contribution in [0, 0.1) is 0 Å². The van der Waals surface area contributed by atoms with Crippen molar-refractivity contribution in [3.8, 4) is 5.75 Å². The highest BCUT2D eigenvalue weighted by molar-refractivity contribution is 9.10. The second-order valence-corrected chi connectivity index (χ2v) is 6.81. The van der Waals surface area contributed by atoms with Crippen LogP contribution in [-0.4, -0.2) is 25.5 Å². The average molecular weight is 386 g/mol. The van der Waals surface area contributed by atoms with Crippen LogP contribution in [-0.2, 0) is 11.2 Å². The van der Waals surface area contributed by atoms with E-state index in [2.05, 4.69) is 15.9 Å². The molecule has 2 nitrogen and oxygen atoms in total. The Labute approximate surface area is 142 Å². The molecule has 0 bridgehead atoms. The molecule has 2 aromatic carbocycles. The van der Waals surface area contributed by atoms with Gasteiger partial charge >= 0.3 is 0 Å². The minimum Gasteiger partial charge on any atom is -0.490 e. The van der Waals surface area contributed by atoms with E-state index in [-0.39, 0.29) is 19.8 Å². The van der Waals surface area contributed by atoms with Gasteiger partial charge in [-0.05, 0) is 47.9 Å². The molecule has 1 heterocycles. The molecule has 1 aliphatic heterocycles. The molecule has 1 aliphatic rings. The summed E-state index contributed by atoms with van der Waals surface area (Å²) in [6, 6.07) is 13.4. The van der Waals surface area contributed by atoms with Gasteiger partial charge in [0.05, 0.1) is 13.2 Å². The van der Waals surface area contributed by atoms with Crippen LogP contribution in [0.5, 0.6) is 5.75 Å². The van der Waals surface area contributed by atoms with E-state index in [1.807, 2.05) is 42.5 Å². The fraction of sp³-hybridized carbons (Fsp3) is 0.294. The van der Waals surface area contributed by atoms with E-state index in [1.54, 1.807) is 0 Å². The molecule has 1 saturated heterocycles. The fourth-order valence-corrected chi connectivity index (χ4v) is 2.81. The summed E-state index contributed by atoms with van der Waals surface area (Å²) >= 11 is 9.65. The molecule has 0 radical (unpaired) electrons. The molecular formula is C17H15BrClFO2. The SMILES string of the molecule is FC1(COc2ccc(Cc3cc(Br)ccc3Cl)cc2)COC1. The normalized spacial score (nSPS) is 16.1. The fourth-order valence-electron chi connectivity index (χ4n) is 2.22. The Bertz CT molecular complexity index is 656. The Morgan fingerprint density at radius 1 is 1.18 bits per heavy atom. The molecule has 0 atom stereocenters. The van der Waals surface area contributed by atoms with Gasteiger partial charge in [0.2, 0.25) is 0 Å². The molecule has 0 aliphatic carbocycles. The first-order chi connectivity index (χ1) is 10.5. The average Bonchev–Trinajstić information content (AvgIpc) is 2.48. The van der Waals surface area contributed by atoms with Gasteiger partial charge in [0, 0.05) is 9.50 Å². The highest BCUT2D eigenvalue weighted by Crippen LogP contribution is 2.26. The summed E-state index contributed by atoms with van der Waals surface area (Å²) in [7, 11) is 0. The Morgan fingerprint density at radius 3 is 2.55 bits per heavy atom. The van der Waals surface area contributed by atoms with Crippen LogP contribution in [0.1, 0.15) is 11.1 Å². The molecule has 116 valence electrons. The zero-order valence-corrected chi connectivity index (χ0v) is 14.2. The summed E-state index contributed by atoms with van der Waals surface area (Å²) < 4.78 is 25.1. The van der Waals surface area contributed by atoms with Crippen LogP contribution in [0.25, 0.3) is 0 Å². The smallest absolute Gasteiger partial charge is 0.190 e. The van der Waals surface area contributed by atoms with Crippen molar-refractivity contribution < 1.29 is 13.9 Å². The quantitative estimate of drug-likeness (QED) is 0.735. The van der Waals surface area contributed by atoms with E-state index in [0.717, 1.165) is 27.0 Å². The predicted molar refractivity (Wildman–Crippen MR) is 88.6 cm³/mol. The topological polar surface area (TPSA) is 18.5 Å². The van der Waals surface area contributed by atoms with Crippen LogP contribution < -0.4 is 4.74 Å². The molecule has 0 amide bonds. The Hall–Kier alpha value is -1.10. The van der Waals surface area contributed by atoms with Gasteiger partial charge in [-0.2, -0.15) is 0 Å². The Balaban J connectivity index is 1.62. The first-order valence-electron chi connectivity index (χ1n) is 6.96. The molecule has 0 saturated carbocycles. The summed E-state index contributed by atoms with van der Waals surface area (Å²) in [6.07, 6.45) is 0.736. The maximum Gasteiger partial charge on any atom is 0.190 e. The molecular weight excluding hydrogens is 371 g/mol. The highest BCUT2D eigenvalue weighted by Gasteiger charge is 2.39. The van der Waals surface area contributed by atoms with Gasteiger partial charge in [-0.3, -0.25) is 0 Å². The lowest BCUT2D eigenvalue weighted by Gasteiger charge is -2.33. The lowest BCUT2D eigenvalue weighted by Crippen LogP contribution is -2.50. The molecule has 0 unspecified atom stereocenters. The van der Waals surface area contributed by atoms with Gasteiger partial charge < -0.3 is 9.47 Å². The molecule has 3 rings (SSSR count). The Kier molecular flexibility index (Phi) is 4.71. The number of benzene rings is 2. The number of hydrogen-bond donors (Lipinski definition) is 0. The van der Waals surface area contributed by atoms with Gasteiger partial charge in [0.25, 0.3) is 0 Å². The number of hydrogen-bond acceptors (Lipinski definition) is 2. The van der Waals surface area contributed by atoms with Gasteiger partial charge in [-0.25, -0.2) is 4.39 Å². The van der Waals surface area contributed by atoms with Crippen molar-refractivity contribution in [3.63, 3.8) is 0 Å². The standard InChI is InChI=1S/C17H15BrClFO2/c18-14-3-6-16(19)13(8-14)7-12-1-4-15(5-2-12)22-11-17(20)9-21-10-17/h1-6,8H,7,9-11H2. The van der Waals surface area contributed by atoms with Crippen LogP contribution in [0.15, 0.2) is 46.9 Å². The molecule has 1 fully saturated rings. The van der Waals surface area contributed by atoms with Gasteiger partial charge in [-0.1, -0.05) is 39.7 Å². The molecule has 0 N–H and O–H groups in total. The minimum absolute atomic E-state index is 0.0316. The van der Waals surface area contributed by atoms with E-state index in [0.29, 0.717) is 5.75 Å². The zero-order chi connectivity index (χ0) is 15.6. The molecule has 2 aromatic rings. The van der Waals surface area contributed by atoms with Crippen LogP contribution in [0.3, 0.4) is 0 Å². The third kappa shape index (κ3) is 3.80. The first-order valence-corrected chi connectivity index (χ1v) is 8.14. The number of rotatable bonds is 5. The second kappa shape index (κ2) is 6.57. The van der Waals surface area contributed by atoms with E-state index in [1.165, 1.54) is 0 Å². The zero-order valence-electron chi connectivity index (χ0n) is 11.8. The summed E-state index contributed by atoms with van der Waals surface area (Å²) in [6.45, 7) is 0.267. The maximum atomic E-state index is 13.8. The predicted octanol–water partition coefficient (Wildman–Crippen LogP) is 4.81. The van der Waals surface area contributed by atoms with E-state index in [4.69, 9.17) is 21.1 Å². The lowest BCUT2D eigenvalue weighted by molar-refractivity contribution is -0.146. The van der Waals surface area contributed by atoms with Crippen molar-refractivity contribution in [2.45, 2.75) is 12.1 Å². The number of alkyl halides is 1. The summed E-state index contributed by atoms with van der Waals surface area (Å²) in [4.78, 5) is 0. The third-order valence-corrected chi connectivity index (χ3v) is 4.41. The number of ether oxygens (including phenoxy) is 2. The Morgan fingerprint density at radius 2 is 1.91 bits per heavy atom. The van der Waals surface area contributed by atoms with Gasteiger partial charge in [-0.15, -0.1) is 0 Å². The van der Waals surface area contributed by atoms with E-state index >= 15 is 0 Å². The summed E-state index contributed by atoms with van der Waals surface area (Å²) in [5, 5.41) is 0.743. The van der Waals surface area contributed by atoms with Crippen molar-refractivity contribution >= 4 is 27.5 Å². The maximum absolute atomic E-state index is 13.8. The van der Waals surface area contributed by atoms with Crippen molar-refractivity contribution in [3.05, 3.63) is 63.1 Å². The molecule has 22 heavy (non-hydrogen) atoms. The van der Waals surface area contributed by atoms with Gasteiger partial charge in [0.15, 0.2) is 5.67 Å². The van der Waals surface area contributed by atoms with Crippen molar-refractivity contribution in [1.82, 2.24) is 0 Å². The summed E-state index contributed by atoms with van der Waals surface area (Å²) in [5.74, 6) is 0.660. The molecule has 5 heteroatoms. The number of halogens is 3. The molecule has 0 aromatic heterocycles. The van der Waals surface area contributed by atoms with E-state index in [9.17, 15) is 4.39 Å². The van der Waals surface area contributed by atoms with Crippen molar-refractivity contribution in [1.29, 1.82) is 0 Å². The summed E-state index contributed by atoms with van der Waals surface area (Å²) in [5.41, 5.74) is 0.844. The van der Waals surface area contributed by atoms with Crippen LogP contribution >= 0.6 is 27.5 Å². The first kappa shape index (κ1) is 15.8. The minimum atomic E-state index is -1.33. The lowest BCUT2D eigenvalue weighted by atomic mass is 10.0. The van der Waals surface area contributed by atoms with Crippen molar-refractivity contribution in [2.75, 3.05) is 19.8 Å². The second-order valence-electron chi connectivity index (χ2n) is 5.49. The van der Waals surface area contributed by atoms with Crippen molar-refractivity contribution in [2.24, 2.45) is 0 Å². The van der Waals surface area contributed by atoms with Crippen LogP contribution in [0.2, 0.25) is 5.02 Å². The third-order valence-electron chi connectivity index (χ3n) is 3.54. The largest absolute Gasteiger partial charge is 0.490 e. The molecule has 0 spiro atoms.